The number of carbonyl (C=O) groups is 1. The molecule has 1 atom stereocenters. The molecule has 0 radical (unpaired) electrons. The topological polar surface area (TPSA) is 86.5 Å². The molecule has 0 saturated carbocycles. The quantitative estimate of drug-likeness (QED) is 0.607. The number of nitrogens with zero attached hydrogens (tertiary/aromatic N) is 2. The van der Waals surface area contributed by atoms with Crippen molar-refractivity contribution in [2.45, 2.75) is 26.9 Å². The molecule has 1 unspecified atom stereocenters. The Bertz CT molecular complexity index is 939. The van der Waals surface area contributed by atoms with Gasteiger partial charge in [-0.1, -0.05) is 13.8 Å². The Balaban J connectivity index is 1.64. The van der Waals surface area contributed by atoms with Crippen LogP contribution in [0.15, 0.2) is 53.2 Å². The number of carbonyl (C=O) groups excluding carboxylic acids is 1. The number of amides is 1. The van der Waals surface area contributed by atoms with Crippen molar-refractivity contribution in [2.24, 2.45) is 5.92 Å². The summed E-state index contributed by atoms with van der Waals surface area (Å²) >= 11 is 0. The number of hydrogen-bond donors (Lipinski definition) is 1. The predicted molar refractivity (Wildman–Crippen MR) is 105 cm³/mol. The molecule has 0 aliphatic heterocycles. The summed E-state index contributed by atoms with van der Waals surface area (Å²) in [7, 11) is 0. The molecule has 0 fully saturated rings. The van der Waals surface area contributed by atoms with Crippen molar-refractivity contribution in [3.8, 4) is 22.8 Å². The molecule has 2 aromatic carbocycles. The number of nitrogens with one attached hydrogen (secondary N) is 1. The lowest BCUT2D eigenvalue weighted by molar-refractivity contribution is -0.122. The third-order valence-corrected chi connectivity index (χ3v) is 3.94. The van der Waals surface area contributed by atoms with Gasteiger partial charge in [0.05, 0.1) is 6.61 Å². The average molecular weight is 399 g/mol. The third kappa shape index (κ3) is 5.54. The van der Waals surface area contributed by atoms with Crippen LogP contribution in [0.25, 0.3) is 11.3 Å². The van der Waals surface area contributed by atoms with E-state index in [2.05, 4.69) is 29.5 Å². The summed E-state index contributed by atoms with van der Waals surface area (Å²) in [6, 6.07) is 12.7. The lowest BCUT2D eigenvalue weighted by Crippen LogP contribution is -2.30. The summed E-state index contributed by atoms with van der Waals surface area (Å²) in [6.45, 7) is 6.35. The fourth-order valence-corrected chi connectivity index (χ4v) is 2.42. The van der Waals surface area contributed by atoms with Crippen molar-refractivity contribution in [1.29, 1.82) is 0 Å². The van der Waals surface area contributed by atoms with Gasteiger partial charge in [0.15, 0.2) is 11.8 Å². The zero-order chi connectivity index (χ0) is 20.8. The molecule has 1 amide bonds. The van der Waals surface area contributed by atoms with Gasteiger partial charge in [0.25, 0.3) is 5.91 Å². The second-order valence-electron chi connectivity index (χ2n) is 6.89. The first kappa shape index (κ1) is 20.3. The van der Waals surface area contributed by atoms with Gasteiger partial charge in [-0.25, -0.2) is 9.02 Å². The molecule has 0 bridgehead atoms. The molecular formula is C21H22FN3O4. The van der Waals surface area contributed by atoms with Gasteiger partial charge in [-0.3, -0.25) is 4.79 Å². The summed E-state index contributed by atoms with van der Waals surface area (Å²) < 4.78 is 28.9. The smallest absolute Gasteiger partial charge is 0.266 e. The van der Waals surface area contributed by atoms with Gasteiger partial charge in [-0.05, 0) is 71.7 Å². The van der Waals surface area contributed by atoms with Gasteiger partial charge in [-0.15, -0.1) is 0 Å². The molecule has 29 heavy (non-hydrogen) atoms. The fraction of sp³-hybridized carbons (Fsp3) is 0.286. The summed E-state index contributed by atoms with van der Waals surface area (Å²) in [6.07, 6.45) is -0.836. The van der Waals surface area contributed by atoms with Crippen molar-refractivity contribution >= 4 is 11.7 Å². The molecule has 1 heterocycles. The summed E-state index contributed by atoms with van der Waals surface area (Å²) in [5, 5.41) is 10.3. The van der Waals surface area contributed by atoms with E-state index in [1.807, 2.05) is 24.3 Å². The first-order valence-corrected chi connectivity index (χ1v) is 9.21. The second kappa shape index (κ2) is 9.18. The van der Waals surface area contributed by atoms with Gasteiger partial charge in [0.1, 0.15) is 17.3 Å². The highest BCUT2D eigenvalue weighted by Gasteiger charge is 2.20. The Hall–Kier alpha value is -3.42. The first-order chi connectivity index (χ1) is 13.9. The molecule has 0 saturated heterocycles. The Labute approximate surface area is 167 Å². The maximum Gasteiger partial charge on any atom is 0.266 e. The number of rotatable bonds is 8. The van der Waals surface area contributed by atoms with Crippen LogP contribution in [-0.2, 0) is 4.79 Å². The molecule has 8 heteroatoms. The van der Waals surface area contributed by atoms with Gasteiger partial charge < -0.3 is 14.8 Å². The van der Waals surface area contributed by atoms with E-state index in [-0.39, 0.29) is 11.6 Å². The maximum absolute atomic E-state index is 13.0. The normalized spacial score (nSPS) is 11.9. The van der Waals surface area contributed by atoms with E-state index in [9.17, 15) is 9.18 Å². The minimum atomic E-state index is -0.836. The van der Waals surface area contributed by atoms with E-state index in [1.165, 1.54) is 24.3 Å². The van der Waals surface area contributed by atoms with E-state index in [0.717, 1.165) is 5.75 Å². The SMILES string of the molecule is CC(C)COc1ccc(-c2nonc2NC(=O)C(C)Oc2ccc(F)cc2)cc1. The van der Waals surface area contributed by atoms with Crippen LogP contribution in [0.2, 0.25) is 0 Å². The number of ether oxygens (including phenoxy) is 2. The number of anilines is 1. The van der Waals surface area contributed by atoms with Gasteiger partial charge in [-0.2, -0.15) is 0 Å². The summed E-state index contributed by atoms with van der Waals surface area (Å²) in [5.41, 5.74) is 1.10. The zero-order valence-corrected chi connectivity index (χ0v) is 16.4. The number of benzene rings is 2. The molecule has 0 aliphatic rings. The maximum atomic E-state index is 13.0. The van der Waals surface area contributed by atoms with E-state index in [1.54, 1.807) is 6.92 Å². The average Bonchev–Trinajstić information content (AvgIpc) is 3.16. The summed E-state index contributed by atoms with van der Waals surface area (Å²) in [5.74, 6) is 0.905. The van der Waals surface area contributed by atoms with E-state index in [4.69, 9.17) is 14.1 Å². The molecule has 1 aromatic heterocycles. The molecule has 3 aromatic rings. The van der Waals surface area contributed by atoms with Crippen LogP contribution in [0, 0.1) is 11.7 Å². The molecular weight excluding hydrogens is 377 g/mol. The lowest BCUT2D eigenvalue weighted by Gasteiger charge is -2.14. The molecule has 3 rings (SSSR count). The van der Waals surface area contributed by atoms with E-state index >= 15 is 0 Å². The lowest BCUT2D eigenvalue weighted by atomic mass is 10.1. The largest absolute Gasteiger partial charge is 0.493 e. The fourth-order valence-electron chi connectivity index (χ4n) is 2.42. The van der Waals surface area contributed by atoms with Crippen LogP contribution < -0.4 is 14.8 Å². The van der Waals surface area contributed by atoms with Crippen LogP contribution in [0.1, 0.15) is 20.8 Å². The number of aromatic nitrogens is 2. The van der Waals surface area contributed by atoms with Crippen molar-refractivity contribution in [3.63, 3.8) is 0 Å². The Morgan fingerprint density at radius 3 is 2.34 bits per heavy atom. The van der Waals surface area contributed by atoms with Gasteiger partial charge in [0.2, 0.25) is 5.82 Å². The molecule has 7 nitrogen and oxygen atoms in total. The molecule has 152 valence electrons. The van der Waals surface area contributed by atoms with Gasteiger partial charge in [0, 0.05) is 5.56 Å². The van der Waals surface area contributed by atoms with Crippen LogP contribution in [-0.4, -0.2) is 28.9 Å². The van der Waals surface area contributed by atoms with Crippen LogP contribution in [0.3, 0.4) is 0 Å². The van der Waals surface area contributed by atoms with Crippen molar-refractivity contribution in [1.82, 2.24) is 10.3 Å². The van der Waals surface area contributed by atoms with Crippen molar-refractivity contribution < 1.29 is 23.3 Å². The number of hydrogen-bond acceptors (Lipinski definition) is 6. The second-order valence-corrected chi connectivity index (χ2v) is 6.89. The minimum absolute atomic E-state index is 0.181. The van der Waals surface area contributed by atoms with Crippen molar-refractivity contribution in [2.75, 3.05) is 11.9 Å². The molecule has 1 N–H and O–H groups in total. The van der Waals surface area contributed by atoms with Gasteiger partial charge >= 0.3 is 0 Å². The molecule has 0 spiro atoms. The minimum Gasteiger partial charge on any atom is -0.493 e. The van der Waals surface area contributed by atoms with Crippen LogP contribution >= 0.6 is 0 Å². The number of halogens is 1. The standard InChI is InChI=1S/C21H22FN3O4/c1-13(2)12-27-17-8-4-15(5-9-17)19-20(25-29-24-19)23-21(26)14(3)28-18-10-6-16(22)7-11-18/h4-11,13-14H,12H2,1-3H3,(H,23,25,26). The van der Waals surface area contributed by atoms with Crippen molar-refractivity contribution in [3.05, 3.63) is 54.3 Å². The highest BCUT2D eigenvalue weighted by Crippen LogP contribution is 2.26. The first-order valence-electron chi connectivity index (χ1n) is 9.21. The highest BCUT2D eigenvalue weighted by molar-refractivity contribution is 5.95. The Morgan fingerprint density at radius 1 is 1.03 bits per heavy atom. The zero-order valence-electron chi connectivity index (χ0n) is 16.4. The van der Waals surface area contributed by atoms with Crippen LogP contribution in [0.5, 0.6) is 11.5 Å². The molecule has 0 aliphatic carbocycles. The summed E-state index contributed by atoms with van der Waals surface area (Å²) in [4.78, 5) is 12.4. The monoisotopic (exact) mass is 399 g/mol. The Morgan fingerprint density at radius 2 is 1.69 bits per heavy atom. The third-order valence-electron chi connectivity index (χ3n) is 3.94. The Kier molecular flexibility index (Phi) is 6.43. The van der Waals surface area contributed by atoms with E-state index in [0.29, 0.717) is 29.5 Å². The predicted octanol–water partition coefficient (Wildman–Crippen LogP) is 4.32. The van der Waals surface area contributed by atoms with E-state index < -0.39 is 12.0 Å². The highest BCUT2D eigenvalue weighted by atomic mass is 19.1. The van der Waals surface area contributed by atoms with Crippen LogP contribution in [0.4, 0.5) is 10.2 Å².